The third kappa shape index (κ3) is 24.6. The second kappa shape index (κ2) is 33.0. The van der Waals surface area contributed by atoms with E-state index in [-0.39, 0.29) is 6.42 Å². The highest BCUT2D eigenvalue weighted by Crippen LogP contribution is 2.41. The smallest absolute Gasteiger partial charge is 0.119 e. The maximum Gasteiger partial charge on any atom is 0.119 e. The molecule has 47 heavy (non-hydrogen) atoms. The van der Waals surface area contributed by atoms with Gasteiger partial charge in [0.2, 0.25) is 0 Å². The van der Waals surface area contributed by atoms with Crippen molar-refractivity contribution in [2.24, 2.45) is 0 Å². The van der Waals surface area contributed by atoms with Crippen LogP contribution in [-0.4, -0.2) is 55.5 Å². The molecule has 5 N–H and O–H groups in total. The molecular weight excluding hydrogens is 584 g/mol. The molecule has 0 rings (SSSR count). The van der Waals surface area contributed by atoms with Crippen LogP contribution in [0.3, 0.4) is 0 Å². The second-order valence-electron chi connectivity index (χ2n) is 15.3. The number of aliphatic hydroxyl groups is 5. The summed E-state index contributed by atoms with van der Waals surface area (Å²) in [5.74, 6) is 0. The van der Waals surface area contributed by atoms with Crippen molar-refractivity contribution in [3.63, 3.8) is 0 Å². The monoisotopic (exact) mass is 671 g/mol. The van der Waals surface area contributed by atoms with E-state index in [4.69, 9.17) is 0 Å². The SMILES string of the molecule is CCCCCCCCCCCCC(O)(CCCCCCCCCCCC)C(O)(CCCCCCCCCCCC)C(O)CC(O)CO. The molecule has 0 spiro atoms. The van der Waals surface area contributed by atoms with Crippen LogP contribution in [-0.2, 0) is 0 Å². The van der Waals surface area contributed by atoms with Crippen LogP contribution in [0.1, 0.15) is 239 Å². The first kappa shape index (κ1) is 46.8. The highest BCUT2D eigenvalue weighted by molar-refractivity contribution is 5.04. The first-order valence-electron chi connectivity index (χ1n) is 21.2. The maximum atomic E-state index is 12.3. The van der Waals surface area contributed by atoms with E-state index in [2.05, 4.69) is 20.8 Å². The summed E-state index contributed by atoms with van der Waals surface area (Å²) in [5.41, 5.74) is -3.09. The van der Waals surface area contributed by atoms with E-state index in [1.165, 1.54) is 135 Å². The van der Waals surface area contributed by atoms with Crippen molar-refractivity contribution in [1.29, 1.82) is 0 Å². The van der Waals surface area contributed by atoms with Gasteiger partial charge < -0.3 is 25.5 Å². The second-order valence-corrected chi connectivity index (χ2v) is 15.3. The fraction of sp³-hybridized carbons (Fsp3) is 1.00. The average Bonchev–Trinajstić information content (AvgIpc) is 3.06. The molecule has 0 aromatic heterocycles. The molecule has 3 unspecified atom stereocenters. The lowest BCUT2D eigenvalue weighted by atomic mass is 9.69. The van der Waals surface area contributed by atoms with Crippen LogP contribution >= 0.6 is 0 Å². The summed E-state index contributed by atoms with van der Waals surface area (Å²) in [6.07, 6.45) is 34.7. The van der Waals surface area contributed by atoms with E-state index >= 15 is 0 Å². The highest BCUT2D eigenvalue weighted by atomic mass is 16.4. The molecule has 0 fully saturated rings. The zero-order chi connectivity index (χ0) is 34.9. The van der Waals surface area contributed by atoms with Crippen LogP contribution in [0, 0.1) is 0 Å². The number of rotatable bonds is 38. The predicted molar refractivity (Wildman–Crippen MR) is 203 cm³/mol. The van der Waals surface area contributed by atoms with E-state index in [0.717, 1.165) is 57.8 Å². The minimum Gasteiger partial charge on any atom is -0.394 e. The lowest BCUT2D eigenvalue weighted by Gasteiger charge is -2.47. The number of aliphatic hydroxyl groups excluding tert-OH is 3. The van der Waals surface area contributed by atoms with Crippen molar-refractivity contribution >= 4 is 0 Å². The Morgan fingerprint density at radius 3 is 0.915 bits per heavy atom. The van der Waals surface area contributed by atoms with Gasteiger partial charge in [-0.05, 0) is 19.3 Å². The van der Waals surface area contributed by atoms with E-state index in [1.807, 2.05) is 0 Å². The summed E-state index contributed by atoms with van der Waals surface area (Å²) in [7, 11) is 0. The van der Waals surface area contributed by atoms with Crippen LogP contribution < -0.4 is 0 Å². The van der Waals surface area contributed by atoms with Gasteiger partial charge in [0.05, 0.1) is 24.4 Å². The minimum atomic E-state index is -1.69. The van der Waals surface area contributed by atoms with Crippen LogP contribution in [0.2, 0.25) is 0 Å². The Labute approximate surface area is 294 Å². The number of unbranched alkanes of at least 4 members (excludes halogenated alkanes) is 27. The zero-order valence-corrected chi connectivity index (χ0v) is 32.1. The Kier molecular flexibility index (Phi) is 32.8. The van der Waals surface area contributed by atoms with E-state index in [1.54, 1.807) is 0 Å². The summed E-state index contributed by atoms with van der Waals surface area (Å²) in [4.78, 5) is 0. The summed E-state index contributed by atoms with van der Waals surface area (Å²) < 4.78 is 0. The molecule has 0 aromatic carbocycles. The Bertz CT molecular complexity index is 604. The van der Waals surface area contributed by atoms with Crippen molar-refractivity contribution in [1.82, 2.24) is 0 Å². The first-order chi connectivity index (χ1) is 22.8. The van der Waals surface area contributed by atoms with Gasteiger partial charge in [0, 0.05) is 6.42 Å². The molecule has 0 heterocycles. The number of hydrogen-bond donors (Lipinski definition) is 5. The van der Waals surface area contributed by atoms with Crippen LogP contribution in [0.25, 0.3) is 0 Å². The standard InChI is InChI=1S/C42H86O5/c1-4-7-10-13-16-19-22-25-28-31-34-41(46,35-32-29-26-23-20-17-14-11-8-5-2)42(47,40(45)37-39(44)38-43)36-33-30-27-24-21-18-15-12-9-6-3/h39-40,43-47H,4-38H2,1-3H3. The zero-order valence-electron chi connectivity index (χ0n) is 32.1. The van der Waals surface area contributed by atoms with Crippen molar-refractivity contribution in [2.75, 3.05) is 6.61 Å². The van der Waals surface area contributed by atoms with Gasteiger partial charge in [-0.2, -0.15) is 0 Å². The molecule has 0 aromatic rings. The Balaban J connectivity index is 5.20. The predicted octanol–water partition coefficient (Wildman–Crippen LogP) is 11.5. The Hall–Kier alpha value is -0.200. The van der Waals surface area contributed by atoms with Gasteiger partial charge in [-0.1, -0.05) is 213 Å². The van der Waals surface area contributed by atoms with Gasteiger partial charge >= 0.3 is 0 Å². The molecule has 0 aliphatic heterocycles. The van der Waals surface area contributed by atoms with Gasteiger partial charge in [0.1, 0.15) is 5.60 Å². The molecule has 0 bridgehead atoms. The molecular formula is C42H86O5. The molecule has 0 amide bonds. The van der Waals surface area contributed by atoms with Crippen molar-refractivity contribution in [3.8, 4) is 0 Å². The molecule has 284 valence electrons. The van der Waals surface area contributed by atoms with Crippen LogP contribution in [0.4, 0.5) is 0 Å². The largest absolute Gasteiger partial charge is 0.394 e. The van der Waals surface area contributed by atoms with E-state index in [0.29, 0.717) is 19.3 Å². The third-order valence-electron chi connectivity index (χ3n) is 10.9. The fourth-order valence-corrected chi connectivity index (χ4v) is 7.49. The normalized spacial score (nSPS) is 14.8. The van der Waals surface area contributed by atoms with E-state index < -0.39 is 30.0 Å². The fourth-order valence-electron chi connectivity index (χ4n) is 7.49. The minimum absolute atomic E-state index is 0.122. The molecule has 5 heteroatoms. The quantitative estimate of drug-likeness (QED) is 0.0421. The molecule has 5 nitrogen and oxygen atoms in total. The molecule has 0 saturated carbocycles. The lowest BCUT2D eigenvalue weighted by molar-refractivity contribution is -0.219. The van der Waals surface area contributed by atoms with Gasteiger partial charge in [-0.3, -0.25) is 0 Å². The third-order valence-corrected chi connectivity index (χ3v) is 10.9. The molecule has 0 aliphatic carbocycles. The van der Waals surface area contributed by atoms with Gasteiger partial charge in [-0.15, -0.1) is 0 Å². The summed E-state index contributed by atoms with van der Waals surface area (Å²) >= 11 is 0. The Morgan fingerprint density at radius 1 is 0.383 bits per heavy atom. The Morgan fingerprint density at radius 2 is 0.638 bits per heavy atom. The van der Waals surface area contributed by atoms with Crippen molar-refractivity contribution in [3.05, 3.63) is 0 Å². The van der Waals surface area contributed by atoms with Gasteiger partial charge in [-0.25, -0.2) is 0 Å². The molecule has 0 saturated heterocycles. The topological polar surface area (TPSA) is 101 Å². The number of hydrogen-bond acceptors (Lipinski definition) is 5. The summed E-state index contributed by atoms with van der Waals surface area (Å²) in [5, 5.41) is 55.7. The van der Waals surface area contributed by atoms with Crippen LogP contribution in [0.5, 0.6) is 0 Å². The summed E-state index contributed by atoms with van der Waals surface area (Å²) in [6, 6.07) is 0. The molecule has 0 radical (unpaired) electrons. The molecule has 0 aliphatic rings. The highest BCUT2D eigenvalue weighted by Gasteiger charge is 2.52. The van der Waals surface area contributed by atoms with E-state index in [9.17, 15) is 25.5 Å². The van der Waals surface area contributed by atoms with Crippen molar-refractivity contribution < 1.29 is 25.5 Å². The lowest BCUT2D eigenvalue weighted by Crippen LogP contribution is -2.62. The van der Waals surface area contributed by atoms with Gasteiger partial charge in [0.25, 0.3) is 0 Å². The summed E-state index contributed by atoms with van der Waals surface area (Å²) in [6.45, 7) is 6.30. The molecule has 3 atom stereocenters. The van der Waals surface area contributed by atoms with Crippen LogP contribution in [0.15, 0.2) is 0 Å². The first-order valence-corrected chi connectivity index (χ1v) is 21.2. The average molecular weight is 671 g/mol. The van der Waals surface area contributed by atoms with Crippen molar-refractivity contribution in [2.45, 2.75) is 262 Å². The maximum absolute atomic E-state index is 12.3. The van der Waals surface area contributed by atoms with Gasteiger partial charge in [0.15, 0.2) is 0 Å².